The molecule has 0 aromatic heterocycles. The minimum absolute atomic E-state index is 0.180. The fraction of sp³-hybridized carbons (Fsp3) is 0.588. The van der Waals surface area contributed by atoms with E-state index in [1.807, 2.05) is 0 Å². The van der Waals surface area contributed by atoms with Gasteiger partial charge in [-0.25, -0.2) is 4.39 Å². The lowest BCUT2D eigenvalue weighted by Crippen LogP contribution is -2.51. The molecule has 1 aliphatic rings. The summed E-state index contributed by atoms with van der Waals surface area (Å²) in [5.74, 6) is -0.164. The standard InChI is InChI=1S/C17H25FN2O/c1-3-10-19-16-9-11-20(12-13(16)4-2)17(21)14-7-5-6-8-15(14)18/h5-8,13,16,19H,3-4,9-12H2,1-2H3. The lowest BCUT2D eigenvalue weighted by molar-refractivity contribution is 0.0622. The van der Waals surface area contributed by atoms with Crippen LogP contribution in [0, 0.1) is 11.7 Å². The van der Waals surface area contributed by atoms with E-state index < -0.39 is 5.82 Å². The predicted molar refractivity (Wildman–Crippen MR) is 82.8 cm³/mol. The van der Waals surface area contributed by atoms with E-state index in [0.717, 1.165) is 25.8 Å². The van der Waals surface area contributed by atoms with Crippen LogP contribution in [0.25, 0.3) is 0 Å². The van der Waals surface area contributed by atoms with Crippen molar-refractivity contribution < 1.29 is 9.18 Å². The maximum atomic E-state index is 13.8. The maximum Gasteiger partial charge on any atom is 0.256 e. The lowest BCUT2D eigenvalue weighted by atomic mass is 9.89. The molecule has 116 valence electrons. The number of rotatable bonds is 5. The van der Waals surface area contributed by atoms with Crippen LogP contribution in [0.2, 0.25) is 0 Å². The molecule has 1 fully saturated rings. The van der Waals surface area contributed by atoms with Crippen molar-refractivity contribution in [3.63, 3.8) is 0 Å². The lowest BCUT2D eigenvalue weighted by Gasteiger charge is -2.39. The molecule has 21 heavy (non-hydrogen) atoms. The third-order valence-electron chi connectivity index (χ3n) is 4.31. The van der Waals surface area contributed by atoms with Crippen LogP contribution in [0.15, 0.2) is 24.3 Å². The first kappa shape index (κ1) is 16.0. The van der Waals surface area contributed by atoms with Crippen molar-refractivity contribution in [2.24, 2.45) is 5.92 Å². The normalized spacial score (nSPS) is 22.3. The van der Waals surface area contributed by atoms with E-state index in [2.05, 4.69) is 19.2 Å². The van der Waals surface area contributed by atoms with E-state index in [9.17, 15) is 9.18 Å². The summed E-state index contributed by atoms with van der Waals surface area (Å²) in [5.41, 5.74) is 0.187. The molecule has 0 radical (unpaired) electrons. The van der Waals surface area contributed by atoms with E-state index in [1.165, 1.54) is 6.07 Å². The Balaban J connectivity index is 2.03. The minimum atomic E-state index is -0.429. The number of benzene rings is 1. The number of amides is 1. The Labute approximate surface area is 126 Å². The first-order valence-corrected chi connectivity index (χ1v) is 7.94. The summed E-state index contributed by atoms with van der Waals surface area (Å²) < 4.78 is 13.8. The smallest absolute Gasteiger partial charge is 0.256 e. The molecule has 2 unspecified atom stereocenters. The van der Waals surface area contributed by atoms with Crippen LogP contribution < -0.4 is 5.32 Å². The Morgan fingerprint density at radius 2 is 2.14 bits per heavy atom. The first-order chi connectivity index (χ1) is 10.2. The number of hydrogen-bond acceptors (Lipinski definition) is 2. The Morgan fingerprint density at radius 1 is 1.38 bits per heavy atom. The molecule has 0 spiro atoms. The molecule has 0 bridgehead atoms. The summed E-state index contributed by atoms with van der Waals surface area (Å²) in [6, 6.07) is 6.71. The third kappa shape index (κ3) is 3.82. The van der Waals surface area contributed by atoms with Crippen molar-refractivity contribution in [1.82, 2.24) is 10.2 Å². The van der Waals surface area contributed by atoms with Gasteiger partial charge in [-0.1, -0.05) is 32.4 Å². The summed E-state index contributed by atoms with van der Waals surface area (Å²) >= 11 is 0. The monoisotopic (exact) mass is 292 g/mol. The van der Waals surface area contributed by atoms with Crippen molar-refractivity contribution in [3.05, 3.63) is 35.6 Å². The van der Waals surface area contributed by atoms with Crippen LogP contribution in [0.4, 0.5) is 4.39 Å². The average Bonchev–Trinajstić information content (AvgIpc) is 2.52. The molecule has 1 aliphatic heterocycles. The van der Waals surface area contributed by atoms with Gasteiger partial charge in [0.25, 0.3) is 5.91 Å². The zero-order valence-electron chi connectivity index (χ0n) is 12.9. The van der Waals surface area contributed by atoms with Gasteiger partial charge in [-0.2, -0.15) is 0 Å². The fourth-order valence-corrected chi connectivity index (χ4v) is 3.03. The molecule has 1 aromatic carbocycles. The van der Waals surface area contributed by atoms with Crippen molar-refractivity contribution in [1.29, 1.82) is 0 Å². The fourth-order valence-electron chi connectivity index (χ4n) is 3.03. The number of hydrogen-bond donors (Lipinski definition) is 1. The second kappa shape index (κ2) is 7.55. The second-order valence-corrected chi connectivity index (χ2v) is 5.75. The molecular formula is C17H25FN2O. The molecule has 1 N–H and O–H groups in total. The highest BCUT2D eigenvalue weighted by Gasteiger charge is 2.31. The molecule has 2 rings (SSSR count). The molecule has 1 amide bonds. The Hall–Kier alpha value is -1.42. The van der Waals surface area contributed by atoms with Crippen LogP contribution in [0.5, 0.6) is 0 Å². The molecule has 1 saturated heterocycles. The maximum absolute atomic E-state index is 13.8. The van der Waals surface area contributed by atoms with Gasteiger partial charge in [0, 0.05) is 19.1 Å². The third-order valence-corrected chi connectivity index (χ3v) is 4.31. The SMILES string of the molecule is CCCNC1CCN(C(=O)c2ccccc2F)CC1CC. The number of carbonyl (C=O) groups excluding carboxylic acids is 1. The van der Waals surface area contributed by atoms with Gasteiger partial charge in [0.2, 0.25) is 0 Å². The van der Waals surface area contributed by atoms with Crippen LogP contribution in [0.3, 0.4) is 0 Å². The highest BCUT2D eigenvalue weighted by Crippen LogP contribution is 2.22. The van der Waals surface area contributed by atoms with Crippen molar-refractivity contribution in [3.8, 4) is 0 Å². The van der Waals surface area contributed by atoms with Gasteiger partial charge >= 0.3 is 0 Å². The van der Waals surface area contributed by atoms with E-state index in [1.54, 1.807) is 23.1 Å². The number of nitrogens with zero attached hydrogens (tertiary/aromatic N) is 1. The highest BCUT2D eigenvalue weighted by atomic mass is 19.1. The molecular weight excluding hydrogens is 267 g/mol. The number of piperidine rings is 1. The average molecular weight is 292 g/mol. The Morgan fingerprint density at radius 3 is 2.81 bits per heavy atom. The van der Waals surface area contributed by atoms with Crippen LogP contribution in [-0.2, 0) is 0 Å². The van der Waals surface area contributed by atoms with Gasteiger partial charge in [-0.15, -0.1) is 0 Å². The van der Waals surface area contributed by atoms with E-state index in [4.69, 9.17) is 0 Å². The highest BCUT2D eigenvalue weighted by molar-refractivity contribution is 5.94. The van der Waals surface area contributed by atoms with E-state index >= 15 is 0 Å². The number of likely N-dealkylation sites (tertiary alicyclic amines) is 1. The van der Waals surface area contributed by atoms with Gasteiger partial charge in [0.05, 0.1) is 5.56 Å². The minimum Gasteiger partial charge on any atom is -0.338 e. The van der Waals surface area contributed by atoms with Crippen LogP contribution in [0.1, 0.15) is 43.5 Å². The van der Waals surface area contributed by atoms with Gasteiger partial charge in [-0.05, 0) is 37.4 Å². The van der Waals surface area contributed by atoms with Crippen molar-refractivity contribution in [2.75, 3.05) is 19.6 Å². The van der Waals surface area contributed by atoms with Gasteiger partial charge in [-0.3, -0.25) is 4.79 Å². The molecule has 4 heteroatoms. The Bertz CT molecular complexity index is 478. The molecule has 3 nitrogen and oxygen atoms in total. The zero-order valence-corrected chi connectivity index (χ0v) is 12.9. The van der Waals surface area contributed by atoms with Crippen molar-refractivity contribution in [2.45, 2.75) is 39.2 Å². The molecule has 1 heterocycles. The molecule has 0 saturated carbocycles. The van der Waals surface area contributed by atoms with Crippen molar-refractivity contribution >= 4 is 5.91 Å². The van der Waals surface area contributed by atoms with Crippen LogP contribution >= 0.6 is 0 Å². The number of halogens is 1. The van der Waals surface area contributed by atoms with Gasteiger partial charge in [0.15, 0.2) is 0 Å². The van der Waals surface area contributed by atoms with Gasteiger partial charge in [0.1, 0.15) is 5.82 Å². The second-order valence-electron chi connectivity index (χ2n) is 5.75. The Kier molecular flexibility index (Phi) is 5.74. The largest absolute Gasteiger partial charge is 0.338 e. The van der Waals surface area contributed by atoms with Crippen LogP contribution in [-0.4, -0.2) is 36.5 Å². The first-order valence-electron chi connectivity index (χ1n) is 7.94. The predicted octanol–water partition coefficient (Wildman–Crippen LogP) is 3.07. The number of nitrogens with one attached hydrogen (secondary N) is 1. The molecule has 1 aromatic rings. The molecule has 2 atom stereocenters. The quantitative estimate of drug-likeness (QED) is 0.904. The summed E-state index contributed by atoms with van der Waals surface area (Å²) in [5, 5.41) is 3.57. The number of carbonyl (C=O) groups is 1. The summed E-state index contributed by atoms with van der Waals surface area (Å²) in [4.78, 5) is 14.3. The zero-order chi connectivity index (χ0) is 15.2. The summed E-state index contributed by atoms with van der Waals surface area (Å²) in [7, 11) is 0. The van der Waals surface area contributed by atoms with E-state index in [0.29, 0.717) is 25.0 Å². The van der Waals surface area contributed by atoms with E-state index in [-0.39, 0.29) is 11.5 Å². The van der Waals surface area contributed by atoms with Gasteiger partial charge < -0.3 is 10.2 Å². The topological polar surface area (TPSA) is 32.3 Å². The summed E-state index contributed by atoms with van der Waals surface area (Å²) in [6.07, 6.45) is 3.09. The summed E-state index contributed by atoms with van der Waals surface area (Å²) in [6.45, 7) is 6.74. The molecule has 0 aliphatic carbocycles.